The Morgan fingerprint density at radius 2 is 1.97 bits per heavy atom. The van der Waals surface area contributed by atoms with Gasteiger partial charge in [-0.1, -0.05) is 5.16 Å². The highest BCUT2D eigenvalue weighted by molar-refractivity contribution is 8.00. The molecule has 3 heterocycles. The Hall–Kier alpha value is -3.04. The van der Waals surface area contributed by atoms with E-state index >= 15 is 0 Å². The van der Waals surface area contributed by atoms with E-state index in [0.29, 0.717) is 0 Å². The fourth-order valence-electron chi connectivity index (χ4n) is 2.93. The van der Waals surface area contributed by atoms with E-state index in [0.717, 1.165) is 11.3 Å². The van der Waals surface area contributed by atoms with Gasteiger partial charge in [-0.05, 0) is 13.8 Å². The highest BCUT2D eigenvalue weighted by atomic mass is 35.5. The monoisotopic (exact) mass is 549 g/mol. The van der Waals surface area contributed by atoms with Gasteiger partial charge in [-0.3, -0.25) is 9.59 Å². The summed E-state index contributed by atoms with van der Waals surface area (Å²) in [6, 6.07) is -0.836. The molecule has 1 fully saturated rings. The summed E-state index contributed by atoms with van der Waals surface area (Å²) in [7, 11) is 1.28. The van der Waals surface area contributed by atoms with Crippen molar-refractivity contribution in [3.8, 4) is 0 Å². The molecule has 0 bridgehead atoms. The lowest BCUT2D eigenvalue weighted by molar-refractivity contribution is -0.163. The topological polar surface area (TPSA) is 172 Å². The number of hydrogen-bond donors (Lipinski definition) is 2. The zero-order valence-corrected chi connectivity index (χ0v) is 21.5. The van der Waals surface area contributed by atoms with Gasteiger partial charge in [-0.15, -0.1) is 35.5 Å². The predicted molar refractivity (Wildman–Crippen MR) is 129 cm³/mol. The minimum absolute atomic E-state index is 0. The fourth-order valence-corrected chi connectivity index (χ4v) is 4.73. The van der Waals surface area contributed by atoms with Crippen molar-refractivity contribution < 1.29 is 38.2 Å². The molecule has 2 amide bonds. The maximum atomic E-state index is 12.7. The Bertz CT molecular complexity index is 1050. The van der Waals surface area contributed by atoms with E-state index in [-0.39, 0.29) is 46.4 Å². The molecular weight excluding hydrogens is 526 g/mol. The maximum Gasteiger partial charge on any atom is 0.511 e. The molecule has 0 saturated carbocycles. The number of rotatable bonds is 8. The third-order valence-electron chi connectivity index (χ3n) is 4.36. The smallest absolute Gasteiger partial charge is 0.431 e. The number of thioether (sulfide) groups is 1. The number of nitrogen functional groups attached to an aromatic ring is 1. The summed E-state index contributed by atoms with van der Waals surface area (Å²) in [4.78, 5) is 59.2. The molecule has 1 aromatic rings. The zero-order valence-electron chi connectivity index (χ0n) is 19.1. The summed E-state index contributed by atoms with van der Waals surface area (Å²) in [6.07, 6.45) is -1.17. The third kappa shape index (κ3) is 6.76. The molecule has 16 heteroatoms. The van der Waals surface area contributed by atoms with Crippen molar-refractivity contribution in [1.29, 1.82) is 0 Å². The number of nitrogens with two attached hydrogens (primary N) is 1. The van der Waals surface area contributed by atoms with Crippen LogP contribution in [0.2, 0.25) is 0 Å². The number of β-lactam (4-membered cyclic amide) rings is 1. The summed E-state index contributed by atoms with van der Waals surface area (Å²) >= 11 is 2.39. The summed E-state index contributed by atoms with van der Waals surface area (Å²) in [5.41, 5.74) is 5.92. The first-order valence-electron chi connectivity index (χ1n) is 9.96. The molecule has 2 unspecified atom stereocenters. The summed E-state index contributed by atoms with van der Waals surface area (Å²) in [5, 5.41) is 7.68. The highest BCUT2D eigenvalue weighted by Crippen LogP contribution is 2.36. The lowest BCUT2D eigenvalue weighted by atomic mass is 10.1. The minimum atomic E-state index is -1.18. The second-order valence-corrected chi connectivity index (χ2v) is 9.25. The van der Waals surface area contributed by atoms with Gasteiger partial charge in [0.25, 0.3) is 11.8 Å². The van der Waals surface area contributed by atoms with Gasteiger partial charge in [0.2, 0.25) is 6.29 Å². The molecule has 0 aromatic carbocycles. The molecule has 192 valence electrons. The second-order valence-electron chi connectivity index (χ2n) is 7.25. The number of anilines is 1. The Labute approximate surface area is 214 Å². The maximum absolute atomic E-state index is 12.7. The summed E-state index contributed by atoms with van der Waals surface area (Å²) in [6.45, 7) is 4.67. The van der Waals surface area contributed by atoms with E-state index in [2.05, 4.69) is 15.5 Å². The van der Waals surface area contributed by atoms with Crippen molar-refractivity contribution >= 4 is 70.3 Å². The molecule has 2 aliphatic rings. The lowest BCUT2D eigenvalue weighted by Crippen LogP contribution is -2.69. The molecule has 1 aromatic heterocycles. The van der Waals surface area contributed by atoms with Crippen LogP contribution in [0.3, 0.4) is 0 Å². The van der Waals surface area contributed by atoms with Crippen molar-refractivity contribution in [2.75, 3.05) is 18.6 Å². The number of carbonyl (C=O) groups is 4. The molecule has 3 rings (SSSR count). The second kappa shape index (κ2) is 12.1. The average Bonchev–Trinajstić information content (AvgIpc) is 3.19. The molecule has 1 saturated heterocycles. The molecule has 3 N–H and O–H groups in total. The number of carbonyl (C=O) groups excluding carboxylic acids is 4. The number of oxime groups is 1. The molecular formula is C19H24ClN5O8S2. The molecule has 0 radical (unpaired) electrons. The first-order chi connectivity index (χ1) is 16.1. The van der Waals surface area contributed by atoms with Crippen molar-refractivity contribution in [2.45, 2.75) is 44.6 Å². The van der Waals surface area contributed by atoms with Crippen molar-refractivity contribution in [2.24, 2.45) is 5.16 Å². The van der Waals surface area contributed by atoms with Crippen LogP contribution < -0.4 is 11.1 Å². The molecule has 2 aliphatic heterocycles. The van der Waals surface area contributed by atoms with Crippen LogP contribution in [0.5, 0.6) is 0 Å². The normalized spacial score (nSPS) is 19.9. The molecule has 13 nitrogen and oxygen atoms in total. The van der Waals surface area contributed by atoms with Gasteiger partial charge in [0.05, 0.1) is 11.7 Å². The van der Waals surface area contributed by atoms with Crippen LogP contribution in [0, 0.1) is 0 Å². The first kappa shape index (κ1) is 28.2. The van der Waals surface area contributed by atoms with Crippen molar-refractivity contribution in [1.82, 2.24) is 15.2 Å². The van der Waals surface area contributed by atoms with Crippen LogP contribution in [0.1, 0.15) is 26.5 Å². The molecule has 0 spiro atoms. The van der Waals surface area contributed by atoms with Gasteiger partial charge in [-0.25, -0.2) is 14.6 Å². The predicted octanol–water partition coefficient (Wildman–Crippen LogP) is 1.23. The van der Waals surface area contributed by atoms with Crippen LogP contribution in [-0.2, 0) is 33.4 Å². The van der Waals surface area contributed by atoms with Crippen LogP contribution in [0.4, 0.5) is 9.93 Å². The Morgan fingerprint density at radius 3 is 2.57 bits per heavy atom. The van der Waals surface area contributed by atoms with Crippen LogP contribution >= 0.6 is 35.5 Å². The fraction of sp³-hybridized carbons (Fsp3) is 0.474. The number of halogens is 1. The van der Waals surface area contributed by atoms with E-state index in [9.17, 15) is 19.2 Å². The van der Waals surface area contributed by atoms with Gasteiger partial charge < -0.3 is 35.0 Å². The minimum Gasteiger partial charge on any atom is -0.431 e. The quantitative estimate of drug-likeness (QED) is 0.157. The van der Waals surface area contributed by atoms with Crippen LogP contribution in [0.15, 0.2) is 22.3 Å². The highest BCUT2D eigenvalue weighted by Gasteiger charge is 2.50. The van der Waals surface area contributed by atoms with Crippen molar-refractivity contribution in [3.05, 3.63) is 22.8 Å². The number of thiazole rings is 1. The number of nitrogens with zero attached hydrogens (tertiary/aromatic N) is 3. The first-order valence-corrected chi connectivity index (χ1v) is 11.9. The van der Waals surface area contributed by atoms with Gasteiger partial charge in [0.15, 0.2) is 10.8 Å². The SMILES string of the molecule is CON=C(C(=O)NC1C(=O)N2C=C(C(=O)OC(C)OC(=O)OC(C)C)CS[C@H]12)c1csc(N)n1.Cl. The Balaban J connectivity index is 0.00000432. The van der Waals surface area contributed by atoms with Crippen LogP contribution in [-0.4, -0.2) is 76.2 Å². The molecule has 35 heavy (non-hydrogen) atoms. The van der Waals surface area contributed by atoms with E-state index in [1.54, 1.807) is 19.2 Å². The third-order valence-corrected chi connectivity index (χ3v) is 6.35. The van der Waals surface area contributed by atoms with E-state index < -0.39 is 41.6 Å². The largest absolute Gasteiger partial charge is 0.511 e. The number of hydrogen-bond acceptors (Lipinski definition) is 13. The van der Waals surface area contributed by atoms with E-state index in [4.69, 9.17) is 24.8 Å². The Kier molecular flexibility index (Phi) is 9.73. The van der Waals surface area contributed by atoms with E-state index in [1.807, 2.05) is 0 Å². The number of ether oxygens (including phenoxy) is 3. The van der Waals surface area contributed by atoms with Crippen LogP contribution in [0.25, 0.3) is 0 Å². The van der Waals surface area contributed by atoms with Gasteiger partial charge in [0, 0.05) is 24.3 Å². The number of aromatic nitrogens is 1. The van der Waals surface area contributed by atoms with Gasteiger partial charge in [0.1, 0.15) is 24.2 Å². The molecule has 0 aliphatic carbocycles. The number of fused-ring (bicyclic) bond motifs is 1. The summed E-state index contributed by atoms with van der Waals surface area (Å²) < 4.78 is 14.8. The number of amides is 2. The number of nitrogens with one attached hydrogen (secondary N) is 1. The van der Waals surface area contributed by atoms with Gasteiger partial charge >= 0.3 is 12.1 Å². The average molecular weight is 550 g/mol. The zero-order chi connectivity index (χ0) is 25.0. The van der Waals surface area contributed by atoms with E-state index in [1.165, 1.54) is 36.9 Å². The lowest BCUT2D eigenvalue weighted by Gasteiger charge is -2.47. The molecule has 3 atom stereocenters. The summed E-state index contributed by atoms with van der Waals surface area (Å²) in [5.74, 6) is -1.61. The number of esters is 1. The van der Waals surface area contributed by atoms with Crippen molar-refractivity contribution in [3.63, 3.8) is 0 Å². The van der Waals surface area contributed by atoms with Gasteiger partial charge in [-0.2, -0.15) is 0 Å². The standard InChI is InChI=1S/C19H23N5O8S2.ClH/c1-8(2)30-19(28)32-9(3)31-17(27)10-5-24-15(26)13(16(24)33-6-10)22-14(25)12(23-29-4)11-7-34-18(20)21-11;/h5,7-9,13,16H,6H2,1-4H3,(H2,20,21)(H,22,25);1H/t9?,13?,16-;/m1./s1. The Morgan fingerprint density at radius 1 is 1.26 bits per heavy atom.